The molecule has 3 aromatic carbocycles. The number of likely N-dealkylation sites (tertiary alicyclic amines) is 1. The van der Waals surface area contributed by atoms with Crippen molar-refractivity contribution in [3.8, 4) is 21.6 Å². The Labute approximate surface area is 476 Å². The van der Waals surface area contributed by atoms with Gasteiger partial charge in [0.1, 0.15) is 17.7 Å². The number of hydrogen-bond donors (Lipinski definition) is 5. The number of H-pyrrole nitrogens is 1. The minimum Gasteiger partial charge on any atom is -0.391 e. The molecule has 434 valence electrons. The molecule has 3 fully saturated rings. The van der Waals surface area contributed by atoms with E-state index in [0.717, 1.165) is 52.1 Å². The van der Waals surface area contributed by atoms with Crippen molar-refractivity contribution in [2.75, 3.05) is 82.7 Å². The van der Waals surface area contributed by atoms with Crippen LogP contribution in [0.2, 0.25) is 0 Å². The third kappa shape index (κ3) is 14.1. The molecule has 0 aliphatic carbocycles. The number of amides is 5. The molecule has 6 aromatic rings. The second-order valence-corrected chi connectivity index (χ2v) is 22.6. The van der Waals surface area contributed by atoms with Crippen LogP contribution in [0, 0.1) is 19.8 Å². The summed E-state index contributed by atoms with van der Waals surface area (Å²) in [6, 6.07) is 21.1. The monoisotopic (exact) mass is 1150 g/mol. The van der Waals surface area contributed by atoms with E-state index in [1.807, 2.05) is 88.5 Å². The fraction of sp³-hybridized carbons (Fsp3) is 0.424. The van der Waals surface area contributed by atoms with Gasteiger partial charge in [0, 0.05) is 103 Å². The summed E-state index contributed by atoms with van der Waals surface area (Å²) in [6.07, 6.45) is -5.21. The molecular formula is C59H68F3N11O8S. The summed E-state index contributed by atoms with van der Waals surface area (Å²) >= 11 is 1.50. The molecule has 6 heterocycles. The third-order valence-corrected chi connectivity index (χ3v) is 16.4. The Bertz CT molecular complexity index is 3330. The van der Waals surface area contributed by atoms with Crippen LogP contribution in [0.1, 0.15) is 89.3 Å². The van der Waals surface area contributed by atoms with Gasteiger partial charge in [0.15, 0.2) is 0 Å². The van der Waals surface area contributed by atoms with Crippen molar-refractivity contribution in [3.05, 3.63) is 140 Å². The van der Waals surface area contributed by atoms with Crippen LogP contribution in [0.3, 0.4) is 0 Å². The highest BCUT2D eigenvalue weighted by molar-refractivity contribution is 7.13. The summed E-state index contributed by atoms with van der Waals surface area (Å²) in [5, 5.41) is 23.4. The summed E-state index contributed by atoms with van der Waals surface area (Å²) in [6.45, 7) is 12.9. The van der Waals surface area contributed by atoms with Crippen LogP contribution in [-0.2, 0) is 31.9 Å². The number of alkyl halides is 3. The lowest BCUT2D eigenvalue weighted by Crippen LogP contribution is -2.49. The van der Waals surface area contributed by atoms with Crippen LogP contribution in [0.4, 0.5) is 24.5 Å². The van der Waals surface area contributed by atoms with Crippen LogP contribution >= 0.6 is 11.3 Å². The van der Waals surface area contributed by atoms with Gasteiger partial charge in [-0.05, 0) is 72.8 Å². The number of β-amino-alcohol motifs (C(OH)–C–C–N with tert-alkyl or cyclic N) is 1. The number of thiazole rings is 1. The lowest BCUT2D eigenvalue weighted by Gasteiger charge is -2.35. The lowest BCUT2D eigenvalue weighted by molar-refractivity contribution is -0.141. The van der Waals surface area contributed by atoms with Crippen molar-refractivity contribution in [2.45, 2.75) is 83.8 Å². The first-order chi connectivity index (χ1) is 39.2. The molecule has 5 N–H and O–H groups in total. The zero-order chi connectivity index (χ0) is 58.4. The Morgan fingerprint density at radius 1 is 0.890 bits per heavy atom. The number of carbonyl (C=O) groups excluding carboxylic acids is 5. The molecule has 5 amide bonds. The second-order valence-electron chi connectivity index (χ2n) is 21.7. The number of carbonyl (C=O) groups is 5. The Hall–Kier alpha value is -7.73. The molecule has 4 atom stereocenters. The molecule has 0 saturated carbocycles. The van der Waals surface area contributed by atoms with E-state index in [2.05, 4.69) is 45.8 Å². The van der Waals surface area contributed by atoms with E-state index in [4.69, 9.17) is 4.52 Å². The van der Waals surface area contributed by atoms with Crippen LogP contribution in [0.15, 0.2) is 99.9 Å². The van der Waals surface area contributed by atoms with Crippen LogP contribution in [0.25, 0.3) is 21.6 Å². The summed E-state index contributed by atoms with van der Waals surface area (Å²) in [5.74, 6) is -2.99. The molecule has 82 heavy (non-hydrogen) atoms. The highest BCUT2D eigenvalue weighted by Crippen LogP contribution is 2.37. The molecule has 1 unspecified atom stereocenters. The number of nitrogens with zero attached hydrogens (tertiary/aromatic N) is 7. The molecule has 23 heteroatoms. The topological polar surface area (TPSA) is 230 Å². The van der Waals surface area contributed by atoms with E-state index >= 15 is 0 Å². The number of benzene rings is 3. The molecule has 0 bridgehead atoms. The normalized spacial score (nSPS) is 17.9. The number of pyridine rings is 1. The number of halogens is 3. The van der Waals surface area contributed by atoms with Crippen molar-refractivity contribution in [3.63, 3.8) is 0 Å². The highest BCUT2D eigenvalue weighted by Gasteiger charge is 2.44. The summed E-state index contributed by atoms with van der Waals surface area (Å²) < 4.78 is 47.5. The number of aromatic nitrogens is 3. The van der Waals surface area contributed by atoms with E-state index in [-0.39, 0.29) is 50.1 Å². The standard InChI is InChI=1S/C59H68F3N11O8S/c1-35(2)54(50-25-36(3)68-81-50)58(80)73-33-43(74)28-49(73)57(79)66-46(39-9-11-40(12-10-39)55-37(4)65-34-82-55)30-52(76)63-16-15-53(77)72-23-19-70(20-24-72)32-38-7-6-8-41(26-38)42-13-14-48(71-21-17-69(5)18-22-71)47(27-42)67-56(78)44-31-64-51(75)29-45(44)59(60,61)62/h6-14,25-27,29,31,34-35,43,46,49,54,74H,15-24,28,30,32-33H2,1-5H3,(H,63,76)(H,64,75)(H,66,79)(H,67,78)/t43-,46?,49+,54-/m1/s1. The average Bonchev–Trinajstić information content (AvgIpc) is 4.27. The fourth-order valence-electron chi connectivity index (χ4n) is 10.9. The van der Waals surface area contributed by atoms with E-state index in [0.29, 0.717) is 80.3 Å². The van der Waals surface area contributed by atoms with Crippen LogP contribution in [0.5, 0.6) is 0 Å². The van der Waals surface area contributed by atoms with Crippen molar-refractivity contribution < 1.29 is 46.8 Å². The molecule has 19 nitrogen and oxygen atoms in total. The Morgan fingerprint density at radius 3 is 2.28 bits per heavy atom. The predicted octanol–water partition coefficient (Wildman–Crippen LogP) is 6.59. The quantitative estimate of drug-likeness (QED) is 0.0613. The number of nitrogens with one attached hydrogen (secondary N) is 4. The van der Waals surface area contributed by atoms with Gasteiger partial charge in [0.05, 0.1) is 62.8 Å². The zero-order valence-corrected chi connectivity index (χ0v) is 47.2. The maximum absolute atomic E-state index is 14.3. The maximum Gasteiger partial charge on any atom is 0.417 e. The average molecular weight is 1150 g/mol. The van der Waals surface area contributed by atoms with Gasteiger partial charge in [0.2, 0.25) is 29.2 Å². The summed E-state index contributed by atoms with van der Waals surface area (Å²) in [7, 11) is 2.00. The van der Waals surface area contributed by atoms with E-state index in [1.165, 1.54) is 16.2 Å². The molecule has 3 aliphatic heterocycles. The van der Waals surface area contributed by atoms with Crippen molar-refractivity contribution in [1.82, 2.24) is 45.4 Å². The van der Waals surface area contributed by atoms with Gasteiger partial charge in [0.25, 0.3) is 5.91 Å². The van der Waals surface area contributed by atoms with Crippen molar-refractivity contribution in [2.24, 2.45) is 5.92 Å². The molecule has 0 radical (unpaired) electrons. The maximum atomic E-state index is 14.3. The van der Waals surface area contributed by atoms with Crippen molar-refractivity contribution in [1.29, 1.82) is 0 Å². The van der Waals surface area contributed by atoms with Gasteiger partial charge in [-0.2, -0.15) is 13.2 Å². The largest absolute Gasteiger partial charge is 0.417 e. The van der Waals surface area contributed by atoms with Gasteiger partial charge in [-0.1, -0.05) is 67.5 Å². The zero-order valence-electron chi connectivity index (χ0n) is 46.4. The lowest BCUT2D eigenvalue weighted by atomic mass is 9.91. The summed E-state index contributed by atoms with van der Waals surface area (Å²) in [4.78, 5) is 98.3. The second kappa shape index (κ2) is 25.6. The Morgan fingerprint density at radius 2 is 1.61 bits per heavy atom. The Kier molecular flexibility index (Phi) is 18.4. The van der Waals surface area contributed by atoms with Gasteiger partial charge in [-0.25, -0.2) is 4.98 Å². The minimum atomic E-state index is -4.93. The van der Waals surface area contributed by atoms with E-state index in [1.54, 1.807) is 29.5 Å². The van der Waals surface area contributed by atoms with Crippen LogP contribution < -0.4 is 26.4 Å². The van der Waals surface area contributed by atoms with Crippen LogP contribution in [-0.4, -0.2) is 154 Å². The van der Waals surface area contributed by atoms with Gasteiger partial charge in [-0.15, -0.1) is 11.3 Å². The molecule has 9 rings (SSSR count). The molecule has 3 aromatic heterocycles. The van der Waals surface area contributed by atoms with E-state index in [9.17, 15) is 47.0 Å². The smallest absolute Gasteiger partial charge is 0.391 e. The highest BCUT2D eigenvalue weighted by atomic mass is 32.1. The number of aliphatic hydroxyl groups excluding tert-OH is 1. The predicted molar refractivity (Wildman–Crippen MR) is 304 cm³/mol. The first-order valence-corrected chi connectivity index (χ1v) is 28.3. The van der Waals surface area contributed by atoms with Gasteiger partial charge >= 0.3 is 6.18 Å². The SMILES string of the molecule is Cc1cc([C@H](C(=O)N2C[C@H](O)C[C@H]2C(=O)NC(CC(=O)NCCC(=O)N2CCN(Cc3cccc(-c4ccc(N5CCN(C)CC5)c(NC(=O)c5c[nH]c(=O)cc5C(F)(F)F)c4)c3)CC2)c2ccc(-c3scnc3C)cc2)C(C)C)on1. The molecule has 3 saturated heterocycles. The molecule has 3 aliphatic rings. The first kappa shape index (κ1) is 58.9. The first-order valence-electron chi connectivity index (χ1n) is 27.5. The number of hydrogen-bond acceptors (Lipinski definition) is 14. The number of likely N-dealkylation sites (N-methyl/N-ethyl adjacent to an activating group) is 1. The number of aryl methyl sites for hydroxylation is 2. The third-order valence-electron chi connectivity index (χ3n) is 15.4. The summed E-state index contributed by atoms with van der Waals surface area (Å²) in [5.41, 5.74) is 5.34. The van der Waals surface area contributed by atoms with E-state index < -0.39 is 64.7 Å². The Balaban J connectivity index is 0.806. The van der Waals surface area contributed by atoms with Gasteiger partial charge in [-0.3, -0.25) is 33.7 Å². The fourth-order valence-corrected chi connectivity index (χ4v) is 11.7. The number of rotatable bonds is 18. The van der Waals surface area contributed by atoms with Gasteiger partial charge < -0.3 is 50.2 Å². The number of anilines is 2. The number of aliphatic hydroxyl groups is 1. The number of aromatic amines is 1. The van der Waals surface area contributed by atoms with Crippen molar-refractivity contribution >= 4 is 52.2 Å². The minimum absolute atomic E-state index is 0.00727. The number of piperazine rings is 2. The molecule has 0 spiro atoms. The molecular weight excluding hydrogens is 1080 g/mol.